The summed E-state index contributed by atoms with van der Waals surface area (Å²) in [5, 5.41) is 0. The number of halogens is 1. The first-order chi connectivity index (χ1) is 11.0. The number of amides is 1. The number of hydrogen-bond acceptors (Lipinski definition) is 3. The summed E-state index contributed by atoms with van der Waals surface area (Å²) in [5.74, 6) is -0.918. The molecular weight excluding hydrogens is 356 g/mol. The maximum Gasteiger partial charge on any atom is 0.300 e. The maximum absolute atomic E-state index is 12.3. The molecule has 0 unspecified atom stereocenters. The number of carbonyl (C=O) groups is 2. The molecule has 0 fully saturated rings. The van der Waals surface area contributed by atoms with Gasteiger partial charge in [0.2, 0.25) is 0 Å². The lowest BCUT2D eigenvalue weighted by Gasteiger charge is -2.24. The van der Waals surface area contributed by atoms with E-state index in [9.17, 15) is 9.59 Å². The Labute approximate surface area is 143 Å². The van der Waals surface area contributed by atoms with E-state index in [1.165, 1.54) is 16.0 Å². The number of benzene rings is 2. The fraction of sp³-hybridized carbons (Fsp3) is 0.222. The van der Waals surface area contributed by atoms with Gasteiger partial charge in [0.1, 0.15) is 0 Å². The van der Waals surface area contributed by atoms with E-state index in [0.717, 1.165) is 0 Å². The highest BCUT2D eigenvalue weighted by atomic mass is 79.9. The molecule has 0 aliphatic carbocycles. The highest BCUT2D eigenvalue weighted by molar-refractivity contribution is 9.10. The van der Waals surface area contributed by atoms with Crippen molar-refractivity contribution >= 4 is 33.3 Å². The largest absolute Gasteiger partial charge is 0.300 e. The van der Waals surface area contributed by atoms with Crippen molar-refractivity contribution in [1.29, 1.82) is 0 Å². The number of rotatable bonds is 4. The van der Waals surface area contributed by atoms with E-state index >= 15 is 0 Å². The zero-order valence-corrected chi connectivity index (χ0v) is 14.6. The van der Waals surface area contributed by atoms with Crippen LogP contribution >= 0.6 is 15.9 Å². The van der Waals surface area contributed by atoms with E-state index < -0.39 is 11.7 Å². The lowest BCUT2D eigenvalue weighted by Crippen LogP contribution is -2.38. The van der Waals surface area contributed by atoms with Crippen LogP contribution in [0.1, 0.15) is 21.5 Å². The van der Waals surface area contributed by atoms with Crippen LogP contribution in [-0.4, -0.2) is 30.3 Å². The van der Waals surface area contributed by atoms with Crippen LogP contribution in [0, 0.1) is 6.92 Å². The minimum atomic E-state index is -0.470. The van der Waals surface area contributed by atoms with E-state index in [1.807, 2.05) is 24.1 Å². The number of Topliss-reactive ketones (excluding diaryl/α,β-unsaturated/α-hetero) is 1. The van der Waals surface area contributed by atoms with E-state index in [-0.39, 0.29) is 0 Å². The summed E-state index contributed by atoms with van der Waals surface area (Å²) >= 11 is 3.36. The molecule has 1 amide bonds. The van der Waals surface area contributed by atoms with Crippen LogP contribution in [0.4, 0.5) is 5.69 Å². The van der Waals surface area contributed by atoms with Gasteiger partial charge in [-0.05, 0) is 47.6 Å². The number of fused-ring (bicyclic) bond motifs is 1. The van der Waals surface area contributed by atoms with Gasteiger partial charge in [-0.25, -0.2) is 0 Å². The third-order valence-corrected chi connectivity index (χ3v) is 4.57. The molecule has 4 nitrogen and oxygen atoms in total. The molecule has 0 saturated heterocycles. The Morgan fingerprint density at radius 3 is 2.48 bits per heavy atom. The molecular formula is C18H17BrN2O2. The van der Waals surface area contributed by atoms with Gasteiger partial charge in [0, 0.05) is 11.0 Å². The number of aryl methyl sites for hydroxylation is 1. The summed E-state index contributed by atoms with van der Waals surface area (Å²) in [4.78, 5) is 28.0. The third kappa shape index (κ3) is 3.07. The topological polar surface area (TPSA) is 40.6 Å². The van der Waals surface area contributed by atoms with Crippen LogP contribution in [0.5, 0.6) is 0 Å². The SMILES string of the molecule is Cc1ccc(CN(C)CN2C(=O)C(=O)c3c(Br)cccc32)cc1. The highest BCUT2D eigenvalue weighted by Gasteiger charge is 2.37. The Bertz CT molecular complexity index is 771. The van der Waals surface area contributed by atoms with Crippen molar-refractivity contribution in [2.45, 2.75) is 13.5 Å². The molecule has 0 aromatic heterocycles. The van der Waals surface area contributed by atoms with Crippen molar-refractivity contribution in [3.05, 3.63) is 63.6 Å². The Morgan fingerprint density at radius 2 is 1.78 bits per heavy atom. The quantitative estimate of drug-likeness (QED) is 0.772. The van der Waals surface area contributed by atoms with Crippen LogP contribution < -0.4 is 4.90 Å². The molecule has 1 aliphatic heterocycles. The average molecular weight is 373 g/mol. The Kier molecular flexibility index (Phi) is 4.33. The van der Waals surface area contributed by atoms with Crippen molar-refractivity contribution in [3.8, 4) is 0 Å². The molecule has 0 bridgehead atoms. The van der Waals surface area contributed by atoms with Crippen molar-refractivity contribution in [3.63, 3.8) is 0 Å². The first kappa shape index (κ1) is 15.9. The van der Waals surface area contributed by atoms with Gasteiger partial charge in [-0.2, -0.15) is 0 Å². The van der Waals surface area contributed by atoms with Gasteiger partial charge in [0.15, 0.2) is 0 Å². The molecule has 118 valence electrons. The minimum absolute atomic E-state index is 0.377. The summed E-state index contributed by atoms with van der Waals surface area (Å²) in [5.41, 5.74) is 3.52. The van der Waals surface area contributed by atoms with Gasteiger partial charge in [0.05, 0.1) is 17.9 Å². The first-order valence-corrected chi connectivity index (χ1v) is 8.15. The van der Waals surface area contributed by atoms with Gasteiger partial charge in [-0.15, -0.1) is 0 Å². The standard InChI is InChI=1S/C18H17BrN2O2/c1-12-6-8-13(9-7-12)10-20(2)11-21-15-5-3-4-14(19)16(15)17(22)18(21)23/h3-9H,10-11H2,1-2H3. The van der Waals surface area contributed by atoms with Crippen LogP contribution in [0.3, 0.4) is 0 Å². The minimum Gasteiger partial charge on any atom is -0.291 e. The molecule has 5 heteroatoms. The Hall–Kier alpha value is -1.98. The fourth-order valence-electron chi connectivity index (χ4n) is 2.74. The van der Waals surface area contributed by atoms with Gasteiger partial charge < -0.3 is 0 Å². The second-order valence-corrected chi connectivity index (χ2v) is 6.69. The average Bonchev–Trinajstić information content (AvgIpc) is 2.76. The monoisotopic (exact) mass is 372 g/mol. The predicted molar refractivity (Wildman–Crippen MR) is 93.5 cm³/mol. The second-order valence-electron chi connectivity index (χ2n) is 5.84. The number of nitrogens with zero attached hydrogens (tertiary/aromatic N) is 2. The zero-order valence-electron chi connectivity index (χ0n) is 13.0. The van der Waals surface area contributed by atoms with Crippen molar-refractivity contribution < 1.29 is 9.59 Å². The van der Waals surface area contributed by atoms with Crippen LogP contribution in [0.25, 0.3) is 0 Å². The molecule has 1 heterocycles. The summed E-state index contributed by atoms with van der Waals surface area (Å²) in [7, 11) is 1.94. The molecule has 0 saturated carbocycles. The van der Waals surface area contributed by atoms with Gasteiger partial charge >= 0.3 is 5.91 Å². The van der Waals surface area contributed by atoms with E-state index in [1.54, 1.807) is 6.07 Å². The highest BCUT2D eigenvalue weighted by Crippen LogP contribution is 2.34. The van der Waals surface area contributed by atoms with Crippen molar-refractivity contribution in [2.24, 2.45) is 0 Å². The first-order valence-electron chi connectivity index (χ1n) is 7.36. The zero-order chi connectivity index (χ0) is 16.6. The molecule has 2 aromatic rings. The van der Waals surface area contributed by atoms with Gasteiger partial charge in [-0.1, -0.05) is 35.9 Å². The number of hydrogen-bond donors (Lipinski definition) is 0. The van der Waals surface area contributed by atoms with E-state index in [4.69, 9.17) is 0 Å². The number of ketones is 1. The molecule has 1 aliphatic rings. The molecule has 3 rings (SSSR count). The molecule has 0 radical (unpaired) electrons. The molecule has 2 aromatic carbocycles. The normalized spacial score (nSPS) is 13.8. The van der Waals surface area contributed by atoms with Gasteiger partial charge in [-0.3, -0.25) is 19.4 Å². The molecule has 0 N–H and O–H groups in total. The molecule has 23 heavy (non-hydrogen) atoms. The van der Waals surface area contributed by atoms with Crippen LogP contribution in [-0.2, 0) is 11.3 Å². The van der Waals surface area contributed by atoms with Crippen molar-refractivity contribution in [2.75, 3.05) is 18.6 Å². The maximum atomic E-state index is 12.3. The van der Waals surface area contributed by atoms with Crippen molar-refractivity contribution in [1.82, 2.24) is 4.90 Å². The summed E-state index contributed by atoms with van der Waals surface area (Å²) < 4.78 is 0.664. The molecule has 0 spiro atoms. The lowest BCUT2D eigenvalue weighted by molar-refractivity contribution is -0.114. The van der Waals surface area contributed by atoms with Crippen LogP contribution in [0.2, 0.25) is 0 Å². The number of anilines is 1. The molecule has 0 atom stereocenters. The Morgan fingerprint density at radius 1 is 1.09 bits per heavy atom. The predicted octanol–water partition coefficient (Wildman–Crippen LogP) is 3.38. The van der Waals surface area contributed by atoms with E-state index in [0.29, 0.717) is 28.9 Å². The second kappa shape index (κ2) is 6.26. The number of carbonyl (C=O) groups excluding carboxylic acids is 2. The summed E-state index contributed by atoms with van der Waals surface area (Å²) in [6, 6.07) is 13.7. The third-order valence-electron chi connectivity index (χ3n) is 3.90. The van der Waals surface area contributed by atoms with Gasteiger partial charge in [0.25, 0.3) is 5.78 Å². The lowest BCUT2D eigenvalue weighted by atomic mass is 10.1. The van der Waals surface area contributed by atoms with Crippen LogP contribution in [0.15, 0.2) is 46.9 Å². The fourth-order valence-corrected chi connectivity index (χ4v) is 3.27. The summed E-state index contributed by atoms with van der Waals surface area (Å²) in [6.45, 7) is 3.14. The Balaban J connectivity index is 1.78. The van der Waals surface area contributed by atoms with E-state index in [2.05, 4.69) is 47.1 Å². The summed E-state index contributed by atoms with van der Waals surface area (Å²) in [6.07, 6.45) is 0. The smallest absolute Gasteiger partial charge is 0.291 e.